The van der Waals surface area contributed by atoms with E-state index in [0.29, 0.717) is 0 Å². The van der Waals surface area contributed by atoms with E-state index in [-0.39, 0.29) is 11.9 Å². The van der Waals surface area contributed by atoms with Crippen LogP contribution >= 0.6 is 11.3 Å². The first-order valence-electron chi connectivity index (χ1n) is 7.26. The molecule has 1 aromatic heterocycles. The predicted octanol–water partition coefficient (Wildman–Crippen LogP) is 3.05. The highest BCUT2D eigenvalue weighted by molar-refractivity contribution is 7.11. The molecule has 0 spiro atoms. The lowest BCUT2D eigenvalue weighted by Gasteiger charge is -2.36. The van der Waals surface area contributed by atoms with Gasteiger partial charge in [0.1, 0.15) is 5.82 Å². The second-order valence-corrected chi connectivity index (χ2v) is 6.77. The fourth-order valence-electron chi connectivity index (χ4n) is 2.88. The molecular formula is C16H20FN3S. The Morgan fingerprint density at radius 2 is 2.29 bits per heavy atom. The highest BCUT2D eigenvalue weighted by Crippen LogP contribution is 2.27. The van der Waals surface area contributed by atoms with E-state index in [1.807, 2.05) is 13.0 Å². The van der Waals surface area contributed by atoms with Crippen LogP contribution in [-0.2, 0) is 6.54 Å². The van der Waals surface area contributed by atoms with Gasteiger partial charge in [-0.25, -0.2) is 9.37 Å². The summed E-state index contributed by atoms with van der Waals surface area (Å²) in [7, 11) is 0. The van der Waals surface area contributed by atoms with Crippen molar-refractivity contribution >= 4 is 11.3 Å². The standard InChI is InChI=1S/C16H20FN3S/c1-11-16(21-12(2)19-11)10-20-7-6-18-9-15(20)13-4-3-5-14(17)8-13/h3-5,8,15,18H,6-7,9-10H2,1-2H3. The van der Waals surface area contributed by atoms with Gasteiger partial charge in [-0.3, -0.25) is 4.90 Å². The maximum Gasteiger partial charge on any atom is 0.123 e. The molecule has 2 aromatic rings. The zero-order chi connectivity index (χ0) is 14.8. The van der Waals surface area contributed by atoms with Gasteiger partial charge in [-0.2, -0.15) is 0 Å². The van der Waals surface area contributed by atoms with Crippen molar-refractivity contribution in [2.75, 3.05) is 19.6 Å². The average Bonchev–Trinajstić information content (AvgIpc) is 2.77. The fraction of sp³-hybridized carbons (Fsp3) is 0.438. The van der Waals surface area contributed by atoms with Crippen LogP contribution in [0.2, 0.25) is 0 Å². The van der Waals surface area contributed by atoms with Crippen LogP contribution in [-0.4, -0.2) is 29.5 Å². The molecule has 0 amide bonds. The minimum Gasteiger partial charge on any atom is -0.314 e. The molecule has 5 heteroatoms. The lowest BCUT2D eigenvalue weighted by Crippen LogP contribution is -2.45. The predicted molar refractivity (Wildman–Crippen MR) is 84.0 cm³/mol. The van der Waals surface area contributed by atoms with Crippen molar-refractivity contribution in [3.05, 3.63) is 51.2 Å². The Labute approximate surface area is 128 Å². The Bertz CT molecular complexity index is 626. The Morgan fingerprint density at radius 1 is 1.43 bits per heavy atom. The summed E-state index contributed by atoms with van der Waals surface area (Å²) in [5, 5.41) is 4.52. The molecule has 1 aliphatic heterocycles. The summed E-state index contributed by atoms with van der Waals surface area (Å²) < 4.78 is 13.5. The molecule has 2 heterocycles. The first-order chi connectivity index (χ1) is 10.1. The quantitative estimate of drug-likeness (QED) is 0.945. The van der Waals surface area contributed by atoms with Crippen LogP contribution in [0.5, 0.6) is 0 Å². The third-order valence-corrected chi connectivity index (χ3v) is 4.99. The minimum absolute atomic E-state index is 0.164. The molecule has 1 unspecified atom stereocenters. The molecule has 1 aromatic carbocycles. The number of aromatic nitrogens is 1. The molecule has 0 bridgehead atoms. The highest BCUT2D eigenvalue weighted by Gasteiger charge is 2.25. The molecule has 1 atom stereocenters. The number of thiazole rings is 1. The molecule has 1 N–H and O–H groups in total. The first kappa shape index (κ1) is 14.6. The van der Waals surface area contributed by atoms with Gasteiger partial charge in [0.25, 0.3) is 0 Å². The number of benzene rings is 1. The second-order valence-electron chi connectivity index (χ2n) is 5.49. The SMILES string of the molecule is Cc1nc(C)c(CN2CCNCC2c2cccc(F)c2)s1. The first-order valence-corrected chi connectivity index (χ1v) is 8.08. The maximum atomic E-state index is 13.5. The van der Waals surface area contributed by atoms with Gasteiger partial charge in [-0.1, -0.05) is 12.1 Å². The Hall–Kier alpha value is -1.30. The van der Waals surface area contributed by atoms with Gasteiger partial charge in [0, 0.05) is 37.1 Å². The average molecular weight is 305 g/mol. The zero-order valence-corrected chi connectivity index (χ0v) is 13.2. The van der Waals surface area contributed by atoms with Crippen LogP contribution in [0, 0.1) is 19.7 Å². The Balaban J connectivity index is 1.83. The van der Waals surface area contributed by atoms with Crippen molar-refractivity contribution in [2.24, 2.45) is 0 Å². The van der Waals surface area contributed by atoms with Gasteiger partial charge in [-0.05, 0) is 31.5 Å². The van der Waals surface area contributed by atoms with Crippen LogP contribution in [0.15, 0.2) is 24.3 Å². The van der Waals surface area contributed by atoms with Crippen LogP contribution in [0.4, 0.5) is 4.39 Å². The van der Waals surface area contributed by atoms with Crippen LogP contribution in [0.25, 0.3) is 0 Å². The number of piperazine rings is 1. The van der Waals surface area contributed by atoms with E-state index in [0.717, 1.165) is 42.4 Å². The van der Waals surface area contributed by atoms with Crippen molar-refractivity contribution in [1.82, 2.24) is 15.2 Å². The van der Waals surface area contributed by atoms with Gasteiger partial charge in [0.15, 0.2) is 0 Å². The molecule has 1 fully saturated rings. The number of hydrogen-bond donors (Lipinski definition) is 1. The molecule has 3 rings (SSSR count). The summed E-state index contributed by atoms with van der Waals surface area (Å²) in [5.74, 6) is -0.164. The van der Waals surface area contributed by atoms with Crippen molar-refractivity contribution in [2.45, 2.75) is 26.4 Å². The van der Waals surface area contributed by atoms with E-state index in [1.165, 1.54) is 10.9 Å². The highest BCUT2D eigenvalue weighted by atomic mass is 32.1. The zero-order valence-electron chi connectivity index (χ0n) is 12.4. The molecule has 3 nitrogen and oxygen atoms in total. The molecule has 21 heavy (non-hydrogen) atoms. The van der Waals surface area contributed by atoms with Gasteiger partial charge in [0.05, 0.1) is 10.7 Å². The summed E-state index contributed by atoms with van der Waals surface area (Å²) in [6, 6.07) is 7.17. The lowest BCUT2D eigenvalue weighted by atomic mass is 10.0. The number of nitrogens with one attached hydrogen (secondary N) is 1. The summed E-state index contributed by atoms with van der Waals surface area (Å²) in [6.07, 6.45) is 0. The second kappa shape index (κ2) is 6.22. The lowest BCUT2D eigenvalue weighted by molar-refractivity contribution is 0.154. The van der Waals surface area contributed by atoms with E-state index in [9.17, 15) is 4.39 Å². The van der Waals surface area contributed by atoms with Crippen molar-refractivity contribution < 1.29 is 4.39 Å². The van der Waals surface area contributed by atoms with Gasteiger partial charge >= 0.3 is 0 Å². The Kier molecular flexibility index (Phi) is 4.33. The van der Waals surface area contributed by atoms with Gasteiger partial charge in [0.2, 0.25) is 0 Å². The van der Waals surface area contributed by atoms with Crippen LogP contribution in [0.1, 0.15) is 27.2 Å². The van der Waals surface area contributed by atoms with E-state index in [1.54, 1.807) is 23.5 Å². The normalized spacial score (nSPS) is 19.9. The van der Waals surface area contributed by atoms with E-state index >= 15 is 0 Å². The molecular weight excluding hydrogens is 285 g/mol. The fourth-order valence-corrected chi connectivity index (χ4v) is 3.85. The largest absolute Gasteiger partial charge is 0.314 e. The van der Waals surface area contributed by atoms with E-state index in [4.69, 9.17) is 0 Å². The van der Waals surface area contributed by atoms with Gasteiger partial charge in [-0.15, -0.1) is 11.3 Å². The van der Waals surface area contributed by atoms with Crippen molar-refractivity contribution in [1.29, 1.82) is 0 Å². The summed E-state index contributed by atoms with van der Waals surface area (Å²) in [6.45, 7) is 7.81. The van der Waals surface area contributed by atoms with E-state index in [2.05, 4.69) is 22.1 Å². The summed E-state index contributed by atoms with van der Waals surface area (Å²) in [4.78, 5) is 8.24. The number of hydrogen-bond acceptors (Lipinski definition) is 4. The maximum absolute atomic E-state index is 13.5. The van der Waals surface area contributed by atoms with Crippen molar-refractivity contribution in [3.8, 4) is 0 Å². The molecule has 1 saturated heterocycles. The summed E-state index contributed by atoms with van der Waals surface area (Å²) >= 11 is 1.76. The number of rotatable bonds is 3. The smallest absolute Gasteiger partial charge is 0.123 e. The Morgan fingerprint density at radius 3 is 3.00 bits per heavy atom. The molecule has 0 saturated carbocycles. The minimum atomic E-state index is -0.164. The monoisotopic (exact) mass is 305 g/mol. The summed E-state index contributed by atoms with van der Waals surface area (Å²) in [5.41, 5.74) is 2.16. The molecule has 0 radical (unpaired) electrons. The van der Waals surface area contributed by atoms with E-state index < -0.39 is 0 Å². The number of nitrogens with zero attached hydrogens (tertiary/aromatic N) is 2. The topological polar surface area (TPSA) is 28.2 Å². The third-order valence-electron chi connectivity index (χ3n) is 3.93. The van der Waals surface area contributed by atoms with Crippen molar-refractivity contribution in [3.63, 3.8) is 0 Å². The van der Waals surface area contributed by atoms with Crippen LogP contribution in [0.3, 0.4) is 0 Å². The van der Waals surface area contributed by atoms with Crippen LogP contribution < -0.4 is 5.32 Å². The number of halogens is 1. The molecule has 112 valence electrons. The molecule has 0 aliphatic carbocycles. The molecule has 1 aliphatic rings. The van der Waals surface area contributed by atoms with Gasteiger partial charge < -0.3 is 5.32 Å². The third kappa shape index (κ3) is 3.31. The number of aryl methyl sites for hydroxylation is 2.